The lowest BCUT2D eigenvalue weighted by Gasteiger charge is -2.11. The summed E-state index contributed by atoms with van der Waals surface area (Å²) >= 11 is 1.52. The molecule has 0 aliphatic heterocycles. The molecular weight excluding hydrogens is 402 g/mol. The maximum absolute atomic E-state index is 8.41. The molecule has 1 N–H and O–H groups in total. The minimum absolute atomic E-state index is 0.565. The van der Waals surface area contributed by atoms with Crippen LogP contribution in [0, 0.1) is 5.41 Å². The molecule has 31 heavy (non-hydrogen) atoms. The highest BCUT2D eigenvalue weighted by Crippen LogP contribution is 2.29. The first-order valence-electron chi connectivity index (χ1n) is 10.5. The third kappa shape index (κ3) is 5.96. The average Bonchev–Trinajstić information content (AvgIpc) is 2.81. The third-order valence-corrected chi connectivity index (χ3v) is 6.09. The molecule has 0 unspecified atom stereocenters. The number of hydrogen-bond acceptors (Lipinski definition) is 4. The van der Waals surface area contributed by atoms with Crippen LogP contribution in [0.2, 0.25) is 0 Å². The topological polar surface area (TPSA) is 42.3 Å². The number of methoxy groups -OCH3 is 2. The quantitative estimate of drug-likeness (QED) is 0.412. The summed E-state index contributed by atoms with van der Waals surface area (Å²) in [6, 6.07) is 20.3. The Balaban J connectivity index is 1.98. The molecular formula is C27H29NO2S. The second-order valence-corrected chi connectivity index (χ2v) is 8.25. The van der Waals surface area contributed by atoms with Crippen LogP contribution in [-0.4, -0.2) is 14.2 Å². The van der Waals surface area contributed by atoms with E-state index in [0.717, 1.165) is 45.9 Å². The molecule has 0 bridgehead atoms. The Morgan fingerprint density at radius 3 is 1.71 bits per heavy atom. The van der Waals surface area contributed by atoms with E-state index in [4.69, 9.17) is 14.9 Å². The van der Waals surface area contributed by atoms with Gasteiger partial charge in [0.2, 0.25) is 0 Å². The van der Waals surface area contributed by atoms with Crippen LogP contribution in [0.3, 0.4) is 0 Å². The Hall–Kier alpha value is -3.11. The second kappa shape index (κ2) is 10.8. The molecule has 0 spiro atoms. The molecule has 3 rings (SSSR count). The van der Waals surface area contributed by atoms with Gasteiger partial charge in [0, 0.05) is 4.88 Å². The smallest absolute Gasteiger partial charge is 0.118 e. The lowest BCUT2D eigenvalue weighted by Crippen LogP contribution is -1.98. The summed E-state index contributed by atoms with van der Waals surface area (Å²) in [5.74, 6) is 1.70. The Kier molecular flexibility index (Phi) is 7.85. The van der Waals surface area contributed by atoms with E-state index in [0.29, 0.717) is 4.67 Å². The first kappa shape index (κ1) is 22.6. The van der Waals surface area contributed by atoms with Crippen LogP contribution in [0.25, 0.3) is 23.3 Å². The summed E-state index contributed by atoms with van der Waals surface area (Å²) in [6.45, 7) is 4.31. The molecule has 0 atom stereocenters. The number of allylic oxidation sites excluding steroid dienone is 2. The van der Waals surface area contributed by atoms with Gasteiger partial charge in [-0.05, 0) is 77.1 Å². The van der Waals surface area contributed by atoms with Crippen molar-refractivity contribution in [2.45, 2.75) is 26.7 Å². The van der Waals surface area contributed by atoms with Crippen molar-refractivity contribution in [2.75, 3.05) is 14.2 Å². The van der Waals surface area contributed by atoms with Gasteiger partial charge in [-0.3, -0.25) is 5.41 Å². The highest BCUT2D eigenvalue weighted by molar-refractivity contribution is 7.10. The van der Waals surface area contributed by atoms with Crippen molar-refractivity contribution >= 4 is 34.6 Å². The van der Waals surface area contributed by atoms with Crippen molar-refractivity contribution in [3.05, 3.63) is 86.9 Å². The number of ether oxygens (including phenoxy) is 2. The molecule has 4 heteroatoms. The molecule has 2 aromatic carbocycles. The Morgan fingerprint density at radius 2 is 1.26 bits per heavy atom. The van der Waals surface area contributed by atoms with Gasteiger partial charge >= 0.3 is 0 Å². The Bertz CT molecular complexity index is 1040. The van der Waals surface area contributed by atoms with Crippen molar-refractivity contribution in [2.24, 2.45) is 0 Å². The molecule has 0 aliphatic carbocycles. The predicted molar refractivity (Wildman–Crippen MR) is 132 cm³/mol. The van der Waals surface area contributed by atoms with Crippen LogP contribution in [-0.2, 0) is 0 Å². The molecule has 1 aromatic heterocycles. The Morgan fingerprint density at radius 1 is 0.774 bits per heavy atom. The van der Waals surface area contributed by atoms with E-state index in [1.54, 1.807) is 14.2 Å². The fourth-order valence-corrected chi connectivity index (χ4v) is 4.33. The van der Waals surface area contributed by atoms with E-state index in [-0.39, 0.29) is 0 Å². The van der Waals surface area contributed by atoms with Crippen LogP contribution >= 0.6 is 11.3 Å². The van der Waals surface area contributed by atoms with E-state index in [1.165, 1.54) is 22.5 Å². The third-order valence-electron chi connectivity index (χ3n) is 5.16. The lowest BCUT2D eigenvalue weighted by molar-refractivity contribution is 0.414. The van der Waals surface area contributed by atoms with Crippen LogP contribution < -0.4 is 14.1 Å². The summed E-state index contributed by atoms with van der Waals surface area (Å²) in [7, 11) is 3.35. The standard InChI is InChI=1S/C27H29NO2S/c1-5-21(15-19-7-11-24(29-3)12-8-19)23-17-26(31-27(28)18-23)22(6-2)16-20-9-13-25(30-4)14-10-20/h7-18,28H,5-6H2,1-4H3. The van der Waals surface area contributed by atoms with Crippen LogP contribution in [0.4, 0.5) is 0 Å². The highest BCUT2D eigenvalue weighted by Gasteiger charge is 2.08. The molecule has 0 fully saturated rings. The van der Waals surface area contributed by atoms with Crippen LogP contribution in [0.15, 0.2) is 60.7 Å². The maximum Gasteiger partial charge on any atom is 0.118 e. The molecule has 1 heterocycles. The zero-order valence-electron chi connectivity index (χ0n) is 18.6. The van der Waals surface area contributed by atoms with Gasteiger partial charge in [0.25, 0.3) is 0 Å². The fraction of sp³-hybridized carbons (Fsp3) is 0.222. The van der Waals surface area contributed by atoms with Crippen molar-refractivity contribution in [3.8, 4) is 11.5 Å². The van der Waals surface area contributed by atoms with E-state index in [1.807, 2.05) is 30.3 Å². The molecule has 0 saturated heterocycles. The number of hydrogen-bond donors (Lipinski definition) is 1. The highest BCUT2D eigenvalue weighted by atomic mass is 32.1. The van der Waals surface area contributed by atoms with Gasteiger partial charge in [0.05, 0.1) is 14.2 Å². The molecule has 3 aromatic rings. The van der Waals surface area contributed by atoms with E-state index in [9.17, 15) is 0 Å². The minimum atomic E-state index is 0.565. The SMILES string of the molecule is CCC(=Cc1ccc(OC)cc1)c1cc(C(=Cc2ccc(OC)cc2)CC)sc(=N)c1. The van der Waals surface area contributed by atoms with Crippen molar-refractivity contribution in [1.29, 1.82) is 5.41 Å². The van der Waals surface area contributed by atoms with E-state index < -0.39 is 0 Å². The largest absolute Gasteiger partial charge is 0.497 e. The van der Waals surface area contributed by atoms with Gasteiger partial charge in [-0.1, -0.05) is 50.3 Å². The summed E-state index contributed by atoms with van der Waals surface area (Å²) in [5.41, 5.74) is 5.80. The first-order valence-corrected chi connectivity index (χ1v) is 11.3. The summed E-state index contributed by atoms with van der Waals surface area (Å²) in [4.78, 5) is 1.13. The van der Waals surface area contributed by atoms with Gasteiger partial charge in [-0.15, -0.1) is 11.3 Å². The van der Waals surface area contributed by atoms with Crippen molar-refractivity contribution in [3.63, 3.8) is 0 Å². The molecule has 0 saturated carbocycles. The number of benzene rings is 2. The lowest BCUT2D eigenvalue weighted by atomic mass is 9.99. The summed E-state index contributed by atoms with van der Waals surface area (Å²) in [5, 5.41) is 8.41. The molecule has 0 amide bonds. The maximum atomic E-state index is 8.41. The Labute approximate surface area is 188 Å². The van der Waals surface area contributed by atoms with Crippen molar-refractivity contribution in [1.82, 2.24) is 0 Å². The van der Waals surface area contributed by atoms with Gasteiger partial charge in [0.1, 0.15) is 16.2 Å². The first-order chi connectivity index (χ1) is 15.1. The number of rotatable bonds is 8. The molecule has 160 valence electrons. The van der Waals surface area contributed by atoms with Gasteiger partial charge in [-0.2, -0.15) is 0 Å². The van der Waals surface area contributed by atoms with Gasteiger partial charge in [0.15, 0.2) is 0 Å². The number of nitrogens with one attached hydrogen (secondary N) is 1. The zero-order valence-corrected chi connectivity index (χ0v) is 19.4. The van der Waals surface area contributed by atoms with Gasteiger partial charge in [-0.25, -0.2) is 0 Å². The normalized spacial score (nSPS) is 12.0. The second-order valence-electron chi connectivity index (χ2n) is 7.17. The summed E-state index contributed by atoms with van der Waals surface area (Å²) in [6.07, 6.45) is 6.19. The van der Waals surface area contributed by atoms with E-state index >= 15 is 0 Å². The zero-order chi connectivity index (χ0) is 22.2. The van der Waals surface area contributed by atoms with Crippen LogP contribution in [0.1, 0.15) is 48.3 Å². The van der Waals surface area contributed by atoms with Crippen LogP contribution in [0.5, 0.6) is 11.5 Å². The van der Waals surface area contributed by atoms with Gasteiger partial charge < -0.3 is 9.47 Å². The molecule has 3 nitrogen and oxygen atoms in total. The average molecular weight is 432 g/mol. The van der Waals surface area contributed by atoms with E-state index in [2.05, 4.69) is 56.3 Å². The monoisotopic (exact) mass is 431 g/mol. The fourth-order valence-electron chi connectivity index (χ4n) is 3.38. The van der Waals surface area contributed by atoms with Crippen molar-refractivity contribution < 1.29 is 9.47 Å². The molecule has 0 radical (unpaired) electrons. The predicted octanol–water partition coefficient (Wildman–Crippen LogP) is 7.15. The summed E-state index contributed by atoms with van der Waals surface area (Å²) < 4.78 is 11.1. The minimum Gasteiger partial charge on any atom is -0.497 e. The molecule has 0 aliphatic rings.